The van der Waals surface area contributed by atoms with Crippen molar-refractivity contribution in [3.05, 3.63) is 41.3 Å². The molecule has 0 saturated heterocycles. The van der Waals surface area contributed by atoms with Crippen molar-refractivity contribution in [2.45, 2.75) is 77.9 Å². The van der Waals surface area contributed by atoms with E-state index in [4.69, 9.17) is 14.2 Å². The zero-order valence-electron chi connectivity index (χ0n) is 16.8. The number of hydrogen-bond donors (Lipinski definition) is 0. The Bertz CT molecular complexity index is 679. The van der Waals surface area contributed by atoms with Crippen LogP contribution in [0.5, 0.6) is 5.75 Å². The number of aryl methyl sites for hydroxylation is 2. The molecular weight excluding hydrogens is 340 g/mol. The van der Waals surface area contributed by atoms with Crippen LogP contribution < -0.4 is 4.74 Å². The van der Waals surface area contributed by atoms with E-state index in [0.29, 0.717) is 5.76 Å². The van der Waals surface area contributed by atoms with E-state index in [-0.39, 0.29) is 23.9 Å². The standard InChI is InChI=1S/C23H32O4/c1-4-5-6-7-12-25-18-10-11-19-21(14-18)26-15-22(23(19)24)27-20-13-16(2)8-9-17(20)3/h8-9,13,15,18-19,21H,4-7,10-12,14H2,1-3H3. The summed E-state index contributed by atoms with van der Waals surface area (Å²) in [6.07, 6.45) is 8.99. The lowest BCUT2D eigenvalue weighted by Crippen LogP contribution is -2.42. The van der Waals surface area contributed by atoms with Gasteiger partial charge in [0.15, 0.2) is 0 Å². The van der Waals surface area contributed by atoms with Gasteiger partial charge in [-0.05, 0) is 50.3 Å². The molecule has 0 amide bonds. The first-order chi connectivity index (χ1) is 13.1. The van der Waals surface area contributed by atoms with Crippen LogP contribution in [0.15, 0.2) is 30.2 Å². The molecule has 4 heteroatoms. The number of hydrogen-bond acceptors (Lipinski definition) is 4. The van der Waals surface area contributed by atoms with E-state index in [2.05, 4.69) is 6.92 Å². The van der Waals surface area contributed by atoms with Crippen LogP contribution in [-0.2, 0) is 14.3 Å². The van der Waals surface area contributed by atoms with Crippen molar-refractivity contribution in [2.75, 3.05) is 6.61 Å². The summed E-state index contributed by atoms with van der Waals surface area (Å²) in [6, 6.07) is 6.00. The molecular formula is C23H32O4. The minimum atomic E-state index is -0.116. The largest absolute Gasteiger partial charge is 0.493 e. The summed E-state index contributed by atoms with van der Waals surface area (Å²) in [4.78, 5) is 12.9. The first-order valence-electron chi connectivity index (χ1n) is 10.3. The minimum absolute atomic E-state index is 0.0635. The van der Waals surface area contributed by atoms with Gasteiger partial charge in [-0.1, -0.05) is 38.3 Å². The molecule has 148 valence electrons. The summed E-state index contributed by atoms with van der Waals surface area (Å²) >= 11 is 0. The quantitative estimate of drug-likeness (QED) is 0.584. The molecule has 1 aliphatic carbocycles. The van der Waals surface area contributed by atoms with Crippen molar-refractivity contribution < 1.29 is 19.0 Å². The van der Waals surface area contributed by atoms with Crippen LogP contribution in [0, 0.1) is 19.8 Å². The van der Waals surface area contributed by atoms with E-state index in [1.54, 1.807) is 0 Å². The molecule has 0 spiro atoms. The summed E-state index contributed by atoms with van der Waals surface area (Å²) in [6.45, 7) is 7.02. The molecule has 1 aromatic carbocycles. The Hall–Kier alpha value is -1.81. The second kappa shape index (κ2) is 9.41. The van der Waals surface area contributed by atoms with Crippen LogP contribution in [0.25, 0.3) is 0 Å². The molecule has 1 aliphatic heterocycles. The molecule has 1 heterocycles. The third-order valence-corrected chi connectivity index (χ3v) is 5.59. The maximum Gasteiger partial charge on any atom is 0.207 e. The number of benzene rings is 1. The molecule has 0 N–H and O–H groups in total. The lowest BCUT2D eigenvalue weighted by molar-refractivity contribution is -0.133. The monoisotopic (exact) mass is 372 g/mol. The van der Waals surface area contributed by atoms with Crippen LogP contribution in [-0.4, -0.2) is 24.6 Å². The van der Waals surface area contributed by atoms with Gasteiger partial charge in [-0.25, -0.2) is 0 Å². The first kappa shape index (κ1) is 19.9. The van der Waals surface area contributed by atoms with Crippen LogP contribution in [0.2, 0.25) is 0 Å². The van der Waals surface area contributed by atoms with Crippen LogP contribution in [0.3, 0.4) is 0 Å². The SMILES string of the molecule is CCCCCCOC1CCC2C(=O)C(Oc3cc(C)ccc3C)=COC2C1. The van der Waals surface area contributed by atoms with Gasteiger partial charge >= 0.3 is 0 Å². The van der Waals surface area contributed by atoms with Gasteiger partial charge in [-0.2, -0.15) is 0 Å². The van der Waals surface area contributed by atoms with E-state index < -0.39 is 0 Å². The molecule has 1 fully saturated rings. The minimum Gasteiger partial charge on any atom is -0.493 e. The van der Waals surface area contributed by atoms with Crippen molar-refractivity contribution in [3.8, 4) is 5.75 Å². The number of unbranched alkanes of at least 4 members (excludes halogenated alkanes) is 3. The molecule has 1 aromatic rings. The van der Waals surface area contributed by atoms with Crippen molar-refractivity contribution in [2.24, 2.45) is 5.92 Å². The Balaban J connectivity index is 1.55. The number of ketones is 1. The average Bonchev–Trinajstić information content (AvgIpc) is 2.66. The highest BCUT2D eigenvalue weighted by atomic mass is 16.5. The van der Waals surface area contributed by atoms with Crippen LogP contribution in [0.4, 0.5) is 0 Å². The van der Waals surface area contributed by atoms with E-state index in [0.717, 1.165) is 49.2 Å². The van der Waals surface area contributed by atoms with E-state index in [1.165, 1.54) is 25.5 Å². The number of Topliss-reactive ketones (excluding diaryl/α,β-unsaturated/α-hetero) is 1. The lowest BCUT2D eigenvalue weighted by atomic mass is 9.80. The number of carbonyl (C=O) groups excluding carboxylic acids is 1. The second-order valence-corrected chi connectivity index (χ2v) is 7.86. The number of rotatable bonds is 8. The summed E-state index contributed by atoms with van der Waals surface area (Å²) in [5.74, 6) is 0.994. The zero-order chi connectivity index (χ0) is 19.2. The number of allylic oxidation sites excluding steroid dienone is 1. The van der Waals surface area contributed by atoms with E-state index in [9.17, 15) is 4.79 Å². The van der Waals surface area contributed by atoms with Crippen LogP contribution >= 0.6 is 0 Å². The molecule has 27 heavy (non-hydrogen) atoms. The maximum absolute atomic E-state index is 12.9. The van der Waals surface area contributed by atoms with Gasteiger partial charge < -0.3 is 14.2 Å². The fraction of sp³-hybridized carbons (Fsp3) is 0.609. The number of ether oxygens (including phenoxy) is 3. The smallest absolute Gasteiger partial charge is 0.207 e. The zero-order valence-corrected chi connectivity index (χ0v) is 16.8. The van der Waals surface area contributed by atoms with Gasteiger partial charge in [-0.15, -0.1) is 0 Å². The molecule has 3 atom stereocenters. The number of fused-ring (bicyclic) bond motifs is 1. The first-order valence-corrected chi connectivity index (χ1v) is 10.3. The van der Waals surface area contributed by atoms with Gasteiger partial charge in [0.25, 0.3) is 0 Å². The molecule has 3 rings (SSSR count). The van der Waals surface area contributed by atoms with Crippen molar-refractivity contribution >= 4 is 5.78 Å². The Morgan fingerprint density at radius 3 is 2.81 bits per heavy atom. The van der Waals surface area contributed by atoms with Gasteiger partial charge in [0.1, 0.15) is 18.1 Å². The molecule has 0 aromatic heterocycles. The summed E-state index contributed by atoms with van der Waals surface area (Å²) in [5, 5.41) is 0. The maximum atomic E-state index is 12.9. The summed E-state index contributed by atoms with van der Waals surface area (Å²) in [7, 11) is 0. The Labute approximate surface area is 162 Å². The topological polar surface area (TPSA) is 44.8 Å². The van der Waals surface area contributed by atoms with Gasteiger partial charge in [-0.3, -0.25) is 4.79 Å². The summed E-state index contributed by atoms with van der Waals surface area (Å²) < 4.78 is 17.8. The molecule has 0 bridgehead atoms. The van der Waals surface area contributed by atoms with Gasteiger partial charge in [0.2, 0.25) is 11.5 Å². The molecule has 0 radical (unpaired) electrons. The normalized spacial score (nSPS) is 24.8. The highest BCUT2D eigenvalue weighted by Crippen LogP contribution is 2.35. The number of carbonyl (C=O) groups is 1. The van der Waals surface area contributed by atoms with Crippen molar-refractivity contribution in [3.63, 3.8) is 0 Å². The third-order valence-electron chi connectivity index (χ3n) is 5.59. The fourth-order valence-corrected chi connectivity index (χ4v) is 3.87. The highest BCUT2D eigenvalue weighted by Gasteiger charge is 2.41. The Morgan fingerprint density at radius 1 is 1.15 bits per heavy atom. The Kier molecular flexibility index (Phi) is 6.95. The van der Waals surface area contributed by atoms with Crippen molar-refractivity contribution in [1.82, 2.24) is 0 Å². The van der Waals surface area contributed by atoms with E-state index >= 15 is 0 Å². The fourth-order valence-electron chi connectivity index (χ4n) is 3.87. The lowest BCUT2D eigenvalue weighted by Gasteiger charge is -2.37. The van der Waals surface area contributed by atoms with Gasteiger partial charge in [0.05, 0.1) is 12.0 Å². The van der Waals surface area contributed by atoms with Crippen LogP contribution in [0.1, 0.15) is 63.0 Å². The highest BCUT2D eigenvalue weighted by molar-refractivity contribution is 5.96. The van der Waals surface area contributed by atoms with Crippen molar-refractivity contribution in [1.29, 1.82) is 0 Å². The predicted molar refractivity (Wildman–Crippen MR) is 106 cm³/mol. The molecule has 3 unspecified atom stereocenters. The average molecular weight is 373 g/mol. The third kappa shape index (κ3) is 5.13. The molecule has 1 saturated carbocycles. The molecule has 2 aliphatic rings. The summed E-state index contributed by atoms with van der Waals surface area (Å²) in [5.41, 5.74) is 2.12. The molecule has 4 nitrogen and oxygen atoms in total. The predicted octanol–water partition coefficient (Wildman–Crippen LogP) is 5.26. The Morgan fingerprint density at radius 2 is 2.00 bits per heavy atom. The van der Waals surface area contributed by atoms with Gasteiger partial charge in [0, 0.05) is 13.0 Å². The van der Waals surface area contributed by atoms with E-state index in [1.807, 2.05) is 32.0 Å². The second-order valence-electron chi connectivity index (χ2n) is 7.86.